The Morgan fingerprint density at radius 2 is 1.97 bits per heavy atom. The van der Waals surface area contributed by atoms with E-state index in [1.165, 1.54) is 6.92 Å². The molecule has 0 aromatic heterocycles. The summed E-state index contributed by atoms with van der Waals surface area (Å²) in [5, 5.41) is 5.51. The fraction of sp³-hybridized carbons (Fsp3) is 0.720. The maximum atomic E-state index is 12.5. The molecule has 9 heteroatoms. The zero-order valence-electron chi connectivity index (χ0n) is 21.4. The summed E-state index contributed by atoms with van der Waals surface area (Å²) in [6.45, 7) is 11.2. The Morgan fingerprint density at radius 1 is 1.26 bits per heavy atom. The van der Waals surface area contributed by atoms with Gasteiger partial charge in [0.05, 0.1) is 6.04 Å². The second-order valence-electron chi connectivity index (χ2n) is 9.65. The Balaban J connectivity index is 2.54. The molecule has 0 saturated carbocycles. The van der Waals surface area contributed by atoms with Crippen LogP contribution in [0.25, 0.3) is 0 Å². The van der Waals surface area contributed by atoms with Crippen LogP contribution in [0.1, 0.15) is 86.5 Å². The normalized spacial score (nSPS) is 18.2. The largest absolute Gasteiger partial charge is 0.458 e. The summed E-state index contributed by atoms with van der Waals surface area (Å²) in [4.78, 5) is 51.8. The van der Waals surface area contributed by atoms with Crippen LogP contribution in [0.2, 0.25) is 0 Å². The van der Waals surface area contributed by atoms with E-state index < -0.39 is 23.8 Å². The van der Waals surface area contributed by atoms with Gasteiger partial charge in [0, 0.05) is 25.0 Å². The lowest BCUT2D eigenvalue weighted by molar-refractivity contribution is -0.144. The van der Waals surface area contributed by atoms with Gasteiger partial charge >= 0.3 is 12.1 Å². The summed E-state index contributed by atoms with van der Waals surface area (Å²) in [5.41, 5.74) is -0.0473. The number of nitrogens with one attached hydrogen (secondary N) is 2. The number of alkyl carbamates (subject to hydrolysis) is 1. The number of esters is 1. The average Bonchev–Trinajstić information content (AvgIpc) is 2.74. The summed E-state index contributed by atoms with van der Waals surface area (Å²) in [6.07, 6.45) is 6.21. The molecule has 0 heterocycles. The van der Waals surface area contributed by atoms with E-state index in [1.54, 1.807) is 26.8 Å². The number of amides is 2. The first-order valence-corrected chi connectivity index (χ1v) is 12.1. The first-order chi connectivity index (χ1) is 15.9. The molecule has 0 aliphatic heterocycles. The van der Waals surface area contributed by atoms with Gasteiger partial charge in [-0.2, -0.15) is 0 Å². The smallest absolute Gasteiger partial charge is 0.413 e. The van der Waals surface area contributed by atoms with Crippen molar-refractivity contribution in [2.75, 3.05) is 6.54 Å². The van der Waals surface area contributed by atoms with Crippen LogP contribution in [0.4, 0.5) is 4.79 Å². The van der Waals surface area contributed by atoms with Gasteiger partial charge in [0.2, 0.25) is 5.91 Å². The number of hydrogen-bond donors (Lipinski definition) is 2. The number of carbonyl (C=O) groups is 4. The Labute approximate surface area is 203 Å². The highest BCUT2D eigenvalue weighted by molar-refractivity contribution is 5.96. The van der Waals surface area contributed by atoms with Crippen molar-refractivity contribution in [2.24, 2.45) is 10.9 Å². The molecule has 1 rings (SSSR count). The van der Waals surface area contributed by atoms with Crippen molar-refractivity contribution >= 4 is 30.1 Å². The van der Waals surface area contributed by atoms with Crippen molar-refractivity contribution in [2.45, 2.75) is 104 Å². The molecular formula is C25H41N3O6. The highest BCUT2D eigenvalue weighted by atomic mass is 16.6. The van der Waals surface area contributed by atoms with Gasteiger partial charge in [0.1, 0.15) is 23.8 Å². The van der Waals surface area contributed by atoms with E-state index in [-0.39, 0.29) is 17.8 Å². The number of hydrogen-bond acceptors (Lipinski definition) is 7. The second kappa shape index (κ2) is 14.5. The van der Waals surface area contributed by atoms with Crippen LogP contribution in [0.3, 0.4) is 0 Å². The molecule has 192 valence electrons. The van der Waals surface area contributed by atoms with Crippen molar-refractivity contribution in [1.29, 1.82) is 0 Å². The molecule has 0 bridgehead atoms. The molecule has 2 N–H and O–H groups in total. The molecule has 0 saturated heterocycles. The maximum absolute atomic E-state index is 12.5. The van der Waals surface area contributed by atoms with E-state index in [4.69, 9.17) is 9.47 Å². The van der Waals surface area contributed by atoms with Crippen molar-refractivity contribution in [3.05, 3.63) is 11.6 Å². The van der Waals surface area contributed by atoms with Crippen molar-refractivity contribution in [3.63, 3.8) is 0 Å². The third kappa shape index (κ3) is 12.0. The molecule has 0 aromatic carbocycles. The molecule has 1 aliphatic carbocycles. The third-order valence-corrected chi connectivity index (χ3v) is 5.33. The van der Waals surface area contributed by atoms with E-state index in [2.05, 4.69) is 15.6 Å². The van der Waals surface area contributed by atoms with Gasteiger partial charge in [-0.3, -0.25) is 19.9 Å². The SMILES string of the molecule is CCC(C)C(=NCCCCC(C=O)NC(=O)C1=CC(OC(C)=O)CCC1)NC(=O)OC(C)(C)C. The number of carbonyl (C=O) groups excluding carboxylic acids is 4. The minimum absolute atomic E-state index is 0.0779. The van der Waals surface area contributed by atoms with Crippen LogP contribution >= 0.6 is 0 Å². The minimum Gasteiger partial charge on any atom is -0.458 e. The third-order valence-electron chi connectivity index (χ3n) is 5.33. The van der Waals surface area contributed by atoms with E-state index in [0.29, 0.717) is 50.1 Å². The zero-order valence-corrected chi connectivity index (χ0v) is 21.4. The first-order valence-electron chi connectivity index (χ1n) is 12.1. The van der Waals surface area contributed by atoms with Gasteiger partial charge in [0.15, 0.2) is 0 Å². The maximum Gasteiger partial charge on any atom is 0.413 e. The van der Waals surface area contributed by atoms with Gasteiger partial charge < -0.3 is 19.6 Å². The van der Waals surface area contributed by atoms with Crippen LogP contribution in [-0.2, 0) is 23.9 Å². The van der Waals surface area contributed by atoms with Crippen LogP contribution in [-0.4, -0.2) is 54.4 Å². The highest BCUT2D eigenvalue weighted by Crippen LogP contribution is 2.21. The molecule has 1 aliphatic rings. The lowest BCUT2D eigenvalue weighted by Gasteiger charge is -2.22. The predicted octanol–water partition coefficient (Wildman–Crippen LogP) is 3.85. The zero-order chi connectivity index (χ0) is 25.7. The van der Waals surface area contributed by atoms with Crippen LogP contribution in [0.15, 0.2) is 16.6 Å². The lowest BCUT2D eigenvalue weighted by Crippen LogP contribution is -2.39. The Hall–Kier alpha value is -2.71. The summed E-state index contributed by atoms with van der Waals surface area (Å²) in [6, 6.07) is -0.597. The Kier molecular flexibility index (Phi) is 12.5. The summed E-state index contributed by atoms with van der Waals surface area (Å²) < 4.78 is 10.5. The summed E-state index contributed by atoms with van der Waals surface area (Å²) in [7, 11) is 0. The van der Waals surface area contributed by atoms with Crippen molar-refractivity contribution in [3.8, 4) is 0 Å². The molecule has 9 nitrogen and oxygen atoms in total. The number of nitrogens with zero attached hydrogens (tertiary/aromatic N) is 1. The second-order valence-corrected chi connectivity index (χ2v) is 9.65. The summed E-state index contributed by atoms with van der Waals surface area (Å²) in [5.74, 6) is -0.0145. The molecular weight excluding hydrogens is 438 g/mol. The van der Waals surface area contributed by atoms with E-state index in [9.17, 15) is 19.2 Å². The average molecular weight is 480 g/mol. The quantitative estimate of drug-likeness (QED) is 0.153. The lowest BCUT2D eigenvalue weighted by atomic mass is 9.96. The fourth-order valence-corrected chi connectivity index (χ4v) is 3.41. The molecule has 0 fully saturated rings. The monoisotopic (exact) mass is 479 g/mol. The van der Waals surface area contributed by atoms with E-state index in [0.717, 1.165) is 19.1 Å². The fourth-order valence-electron chi connectivity index (χ4n) is 3.41. The predicted molar refractivity (Wildman–Crippen MR) is 130 cm³/mol. The highest BCUT2D eigenvalue weighted by Gasteiger charge is 2.22. The van der Waals surface area contributed by atoms with Crippen LogP contribution in [0, 0.1) is 5.92 Å². The number of aliphatic imine (C=N–C) groups is 1. The van der Waals surface area contributed by atoms with Gasteiger partial charge in [0.25, 0.3) is 0 Å². The van der Waals surface area contributed by atoms with E-state index >= 15 is 0 Å². The minimum atomic E-state index is -0.597. The molecule has 34 heavy (non-hydrogen) atoms. The topological polar surface area (TPSA) is 123 Å². The van der Waals surface area contributed by atoms with E-state index in [1.807, 2.05) is 13.8 Å². The standard InChI is InChI=1S/C25H41N3O6/c1-7-17(2)22(28-24(32)34-25(4,5)6)26-14-9-8-12-20(16-29)27-23(31)19-11-10-13-21(15-19)33-18(3)30/h15-17,20-21H,7-14H2,1-6H3,(H,27,31)(H,26,28,32). The van der Waals surface area contributed by atoms with Gasteiger partial charge in [-0.1, -0.05) is 13.8 Å². The number of amidine groups is 1. The number of aldehydes is 1. The van der Waals surface area contributed by atoms with Crippen LogP contribution in [0.5, 0.6) is 0 Å². The van der Waals surface area contributed by atoms with Gasteiger partial charge in [-0.05, 0) is 71.8 Å². The van der Waals surface area contributed by atoms with Gasteiger partial charge in [-0.15, -0.1) is 0 Å². The van der Waals surface area contributed by atoms with Crippen LogP contribution < -0.4 is 10.6 Å². The molecule has 2 amide bonds. The number of ether oxygens (including phenoxy) is 2. The number of unbranched alkanes of at least 4 members (excludes halogenated alkanes) is 1. The van der Waals surface area contributed by atoms with Crippen molar-refractivity contribution < 1.29 is 28.7 Å². The summed E-state index contributed by atoms with van der Waals surface area (Å²) >= 11 is 0. The molecule has 0 aromatic rings. The molecule has 0 spiro atoms. The Bertz CT molecular complexity index is 769. The first kappa shape index (κ1) is 29.3. The molecule has 3 unspecified atom stereocenters. The number of rotatable bonds is 11. The molecule has 0 radical (unpaired) electrons. The van der Waals surface area contributed by atoms with Gasteiger partial charge in [-0.25, -0.2) is 4.79 Å². The molecule has 3 atom stereocenters. The van der Waals surface area contributed by atoms with Crippen molar-refractivity contribution in [1.82, 2.24) is 10.6 Å². The Morgan fingerprint density at radius 3 is 2.56 bits per heavy atom.